The zero-order valence-electron chi connectivity index (χ0n) is 16.7. The van der Waals surface area contributed by atoms with Gasteiger partial charge in [0.1, 0.15) is 0 Å². The van der Waals surface area contributed by atoms with Gasteiger partial charge in [-0.1, -0.05) is 24.8 Å². The van der Waals surface area contributed by atoms with E-state index in [-0.39, 0.29) is 11.5 Å². The number of carbonyl (C=O) groups excluding carboxylic acids is 2. The fourth-order valence-corrected chi connectivity index (χ4v) is 3.64. The minimum Gasteiger partial charge on any atom is -0.366 e. The van der Waals surface area contributed by atoms with Crippen LogP contribution in [0.3, 0.4) is 0 Å². The molecule has 4 N–H and O–H groups in total. The number of aromatic amines is 1. The largest absolute Gasteiger partial charge is 0.366 e. The van der Waals surface area contributed by atoms with E-state index in [0.29, 0.717) is 27.8 Å². The maximum atomic E-state index is 14.3. The summed E-state index contributed by atoms with van der Waals surface area (Å²) in [6.45, 7) is 5.36. The molecule has 6 nitrogen and oxygen atoms in total. The number of benzene rings is 2. The van der Waals surface area contributed by atoms with Gasteiger partial charge in [-0.15, -0.1) is 0 Å². The second-order valence-corrected chi connectivity index (χ2v) is 7.01. The van der Waals surface area contributed by atoms with Gasteiger partial charge in [-0.2, -0.15) is 4.39 Å². The maximum absolute atomic E-state index is 14.3. The number of amides is 2. The molecule has 2 amide bonds. The van der Waals surface area contributed by atoms with Crippen LogP contribution in [0, 0.1) is 12.9 Å². The first-order valence-electron chi connectivity index (χ1n) is 9.50. The van der Waals surface area contributed by atoms with Crippen LogP contribution in [-0.4, -0.2) is 21.8 Å². The summed E-state index contributed by atoms with van der Waals surface area (Å²) >= 11 is 0. The molecule has 0 atom stereocenters. The second kappa shape index (κ2) is 7.87. The van der Waals surface area contributed by atoms with E-state index in [9.17, 15) is 14.0 Å². The summed E-state index contributed by atoms with van der Waals surface area (Å²) in [4.78, 5) is 30.6. The van der Waals surface area contributed by atoms with Gasteiger partial charge in [0.15, 0.2) is 0 Å². The average molecular weight is 414 g/mol. The van der Waals surface area contributed by atoms with Crippen LogP contribution in [-0.2, 0) is 4.79 Å². The van der Waals surface area contributed by atoms with Crippen molar-refractivity contribution < 1.29 is 14.0 Å². The van der Waals surface area contributed by atoms with Crippen LogP contribution in [0.2, 0.25) is 0 Å². The number of aromatic nitrogens is 2. The number of halogens is 1. The van der Waals surface area contributed by atoms with E-state index >= 15 is 0 Å². The fourth-order valence-electron chi connectivity index (χ4n) is 3.64. The quantitative estimate of drug-likeness (QED) is 0.329. The van der Waals surface area contributed by atoms with Crippen molar-refractivity contribution in [3.05, 3.63) is 84.5 Å². The summed E-state index contributed by atoms with van der Waals surface area (Å²) in [6.07, 6.45) is 2.57. The molecule has 0 spiro atoms. The molecule has 2 heterocycles. The predicted molar refractivity (Wildman–Crippen MR) is 119 cm³/mol. The summed E-state index contributed by atoms with van der Waals surface area (Å²) in [5.74, 6) is -1.53. The zero-order valence-corrected chi connectivity index (χ0v) is 16.7. The molecule has 0 aliphatic rings. The van der Waals surface area contributed by atoms with Crippen LogP contribution in [0.4, 0.5) is 10.1 Å². The molecule has 154 valence electrons. The van der Waals surface area contributed by atoms with Gasteiger partial charge in [0, 0.05) is 17.3 Å². The third-order valence-electron chi connectivity index (χ3n) is 5.18. The molecule has 0 aliphatic carbocycles. The monoisotopic (exact) mass is 414 g/mol. The highest BCUT2D eigenvalue weighted by molar-refractivity contribution is 6.11. The lowest BCUT2D eigenvalue weighted by atomic mass is 9.94. The van der Waals surface area contributed by atoms with Gasteiger partial charge in [0.2, 0.25) is 11.9 Å². The Kier molecular flexibility index (Phi) is 5.09. The number of carbonyl (C=O) groups is 2. The number of fused-ring (bicyclic) bond motifs is 1. The second-order valence-electron chi connectivity index (χ2n) is 7.01. The van der Waals surface area contributed by atoms with Gasteiger partial charge in [0.25, 0.3) is 5.91 Å². The predicted octanol–water partition coefficient (Wildman–Crippen LogP) is 4.57. The maximum Gasteiger partial charge on any atom is 0.250 e. The lowest BCUT2D eigenvalue weighted by Gasteiger charge is -2.13. The number of hydrogen-bond acceptors (Lipinski definition) is 3. The summed E-state index contributed by atoms with van der Waals surface area (Å²) in [7, 11) is 0. The highest BCUT2D eigenvalue weighted by atomic mass is 19.1. The van der Waals surface area contributed by atoms with Gasteiger partial charge in [-0.3, -0.25) is 9.59 Å². The van der Waals surface area contributed by atoms with Gasteiger partial charge >= 0.3 is 0 Å². The number of H-pyrrole nitrogens is 1. The molecule has 4 aromatic rings. The Hall–Kier alpha value is -4.26. The van der Waals surface area contributed by atoms with Gasteiger partial charge in [0.05, 0.1) is 22.3 Å². The van der Waals surface area contributed by atoms with Crippen molar-refractivity contribution in [1.82, 2.24) is 9.97 Å². The molecule has 0 saturated carbocycles. The molecular weight excluding hydrogens is 395 g/mol. The first-order valence-corrected chi connectivity index (χ1v) is 9.50. The van der Waals surface area contributed by atoms with Crippen LogP contribution < -0.4 is 11.1 Å². The number of nitrogens with two attached hydrogens (primary N) is 1. The summed E-state index contributed by atoms with van der Waals surface area (Å²) in [6, 6.07) is 14.0. The summed E-state index contributed by atoms with van der Waals surface area (Å²) < 4.78 is 14.3. The number of pyridine rings is 1. The standard InChI is InChI=1S/C24H19FN4O2/c1-3-21(30)28-19-8-4-6-14(13(19)2)15-9-10-17(24(26)31)22-18(15)12-20(29-22)16-7-5-11-27-23(16)25/h3-12,29H,1H2,2H3,(H2,26,31)(H,28,30). The van der Waals surface area contributed by atoms with Crippen LogP contribution in [0.1, 0.15) is 15.9 Å². The Morgan fingerprint density at radius 3 is 2.61 bits per heavy atom. The van der Waals surface area contributed by atoms with Crippen LogP contribution >= 0.6 is 0 Å². The molecule has 0 saturated heterocycles. The SMILES string of the molecule is C=CC(=O)Nc1cccc(-c2ccc(C(N)=O)c3[nH]c(-c4cccnc4F)cc23)c1C. The normalized spacial score (nSPS) is 10.8. The molecule has 0 bridgehead atoms. The van der Waals surface area contributed by atoms with E-state index < -0.39 is 11.9 Å². The Labute approximate surface area is 177 Å². The van der Waals surface area contributed by atoms with Crippen molar-refractivity contribution >= 4 is 28.4 Å². The Bertz CT molecular complexity index is 1360. The van der Waals surface area contributed by atoms with Crippen LogP contribution in [0.15, 0.2) is 67.4 Å². The van der Waals surface area contributed by atoms with E-state index in [2.05, 4.69) is 21.9 Å². The Morgan fingerprint density at radius 2 is 1.90 bits per heavy atom. The molecule has 0 aliphatic heterocycles. The van der Waals surface area contributed by atoms with E-state index in [4.69, 9.17) is 5.73 Å². The number of nitrogens with zero attached hydrogens (tertiary/aromatic N) is 1. The smallest absolute Gasteiger partial charge is 0.250 e. The summed E-state index contributed by atoms with van der Waals surface area (Å²) in [5, 5.41) is 3.49. The molecule has 0 fully saturated rings. The molecule has 0 unspecified atom stereocenters. The molecule has 31 heavy (non-hydrogen) atoms. The van der Waals surface area contributed by atoms with Crippen molar-refractivity contribution in [2.24, 2.45) is 5.73 Å². The van der Waals surface area contributed by atoms with Crippen LogP contribution in [0.25, 0.3) is 33.3 Å². The van der Waals surface area contributed by atoms with Gasteiger partial charge in [-0.25, -0.2) is 4.98 Å². The Morgan fingerprint density at radius 1 is 1.13 bits per heavy atom. The molecular formula is C24H19FN4O2. The number of hydrogen-bond donors (Lipinski definition) is 3. The lowest BCUT2D eigenvalue weighted by molar-refractivity contribution is -0.111. The van der Waals surface area contributed by atoms with Crippen molar-refractivity contribution in [2.45, 2.75) is 6.92 Å². The molecule has 4 rings (SSSR count). The van der Waals surface area contributed by atoms with Crippen molar-refractivity contribution in [2.75, 3.05) is 5.32 Å². The van der Waals surface area contributed by atoms with Crippen molar-refractivity contribution in [3.8, 4) is 22.4 Å². The third kappa shape index (κ3) is 3.57. The topological polar surface area (TPSA) is 101 Å². The first-order chi connectivity index (χ1) is 14.9. The van der Waals surface area contributed by atoms with Crippen molar-refractivity contribution in [1.29, 1.82) is 0 Å². The summed E-state index contributed by atoms with van der Waals surface area (Å²) in [5.41, 5.74) is 10.3. The highest BCUT2D eigenvalue weighted by Crippen LogP contribution is 2.37. The fraction of sp³-hybridized carbons (Fsp3) is 0.0417. The Balaban J connectivity index is 1.96. The van der Waals surface area contributed by atoms with Crippen molar-refractivity contribution in [3.63, 3.8) is 0 Å². The number of rotatable bonds is 5. The number of nitrogens with one attached hydrogen (secondary N) is 2. The molecule has 2 aromatic carbocycles. The molecule has 2 aromatic heterocycles. The van der Waals surface area contributed by atoms with Gasteiger partial charge < -0.3 is 16.0 Å². The zero-order chi connectivity index (χ0) is 22.1. The molecule has 7 heteroatoms. The number of anilines is 1. The minimum atomic E-state index is -0.624. The van der Waals surface area contributed by atoms with Gasteiger partial charge in [-0.05, 0) is 60.0 Å². The highest BCUT2D eigenvalue weighted by Gasteiger charge is 2.18. The lowest BCUT2D eigenvalue weighted by Crippen LogP contribution is -2.11. The minimum absolute atomic E-state index is 0.281. The average Bonchev–Trinajstić information content (AvgIpc) is 3.19. The number of primary amides is 1. The molecule has 0 radical (unpaired) electrons. The first kappa shape index (κ1) is 20.0. The van der Waals surface area contributed by atoms with E-state index in [1.807, 2.05) is 19.1 Å². The van der Waals surface area contributed by atoms with E-state index in [1.54, 1.807) is 36.4 Å². The third-order valence-corrected chi connectivity index (χ3v) is 5.18. The van der Waals surface area contributed by atoms with Crippen LogP contribution in [0.5, 0.6) is 0 Å². The van der Waals surface area contributed by atoms with E-state index in [0.717, 1.165) is 16.7 Å². The van der Waals surface area contributed by atoms with E-state index in [1.165, 1.54) is 12.3 Å².